The quantitative estimate of drug-likeness (QED) is 0.891. The van der Waals surface area contributed by atoms with Crippen molar-refractivity contribution in [3.05, 3.63) is 17.1 Å². The van der Waals surface area contributed by atoms with Gasteiger partial charge in [-0.2, -0.15) is 0 Å². The maximum Gasteiger partial charge on any atom is 0.134 e. The van der Waals surface area contributed by atoms with Crippen molar-refractivity contribution in [2.24, 2.45) is 11.8 Å². The Morgan fingerprint density at radius 1 is 1.20 bits per heavy atom. The first-order valence-electron chi connectivity index (χ1n) is 8.22. The summed E-state index contributed by atoms with van der Waals surface area (Å²) >= 11 is 0. The Labute approximate surface area is 122 Å². The molecular formula is C17H27N3. The molecule has 0 saturated heterocycles. The van der Waals surface area contributed by atoms with Crippen molar-refractivity contribution < 1.29 is 0 Å². The molecule has 1 aromatic rings. The van der Waals surface area contributed by atoms with Crippen LogP contribution < -0.4 is 5.32 Å². The molecule has 3 heteroatoms. The lowest BCUT2D eigenvalue weighted by Gasteiger charge is -2.23. The Morgan fingerprint density at radius 3 is 2.55 bits per heavy atom. The number of rotatable bonds is 4. The summed E-state index contributed by atoms with van der Waals surface area (Å²) in [6.07, 6.45) is 5.55. The topological polar surface area (TPSA) is 37.8 Å². The Kier molecular flexibility index (Phi) is 3.70. The average molecular weight is 273 g/mol. The fraction of sp³-hybridized carbons (Fsp3) is 0.765. The lowest BCUT2D eigenvalue weighted by Crippen LogP contribution is -2.16. The first kappa shape index (κ1) is 13.8. The van der Waals surface area contributed by atoms with Crippen molar-refractivity contribution in [1.29, 1.82) is 0 Å². The molecule has 3 rings (SSSR count). The molecule has 1 N–H and O–H groups in total. The summed E-state index contributed by atoms with van der Waals surface area (Å²) in [6, 6.07) is 0. The zero-order valence-corrected chi connectivity index (χ0v) is 13.2. The molecule has 2 saturated carbocycles. The van der Waals surface area contributed by atoms with E-state index >= 15 is 0 Å². The summed E-state index contributed by atoms with van der Waals surface area (Å²) in [7, 11) is 0. The fourth-order valence-electron chi connectivity index (χ4n) is 4.32. The molecule has 110 valence electrons. The molecule has 3 atom stereocenters. The summed E-state index contributed by atoms with van der Waals surface area (Å²) in [5.74, 6) is 5.06. The molecule has 0 radical (unpaired) electrons. The van der Waals surface area contributed by atoms with E-state index < -0.39 is 0 Å². The van der Waals surface area contributed by atoms with Gasteiger partial charge in [0.25, 0.3) is 0 Å². The van der Waals surface area contributed by atoms with Crippen molar-refractivity contribution in [1.82, 2.24) is 9.97 Å². The average Bonchev–Trinajstić information content (AvgIpc) is 3.00. The molecule has 20 heavy (non-hydrogen) atoms. The van der Waals surface area contributed by atoms with Crippen LogP contribution in [0.2, 0.25) is 0 Å². The number of anilines is 1. The number of aromatic nitrogens is 2. The van der Waals surface area contributed by atoms with Crippen molar-refractivity contribution in [3.8, 4) is 0 Å². The predicted octanol–water partition coefficient (Wildman–Crippen LogP) is 4.24. The van der Waals surface area contributed by atoms with Gasteiger partial charge in [-0.25, -0.2) is 9.97 Å². The molecule has 0 spiro atoms. The van der Waals surface area contributed by atoms with Gasteiger partial charge >= 0.3 is 0 Å². The standard InChI is InChI=1S/C17H27N3/c1-5-18-17-15(10(2)3)11(4)19-16(20-17)14-9-12-6-7-13(14)8-12/h10,12-14H,5-9H2,1-4H3,(H,18,19,20). The largest absolute Gasteiger partial charge is 0.370 e. The first-order valence-corrected chi connectivity index (χ1v) is 8.22. The number of fused-ring (bicyclic) bond motifs is 2. The summed E-state index contributed by atoms with van der Waals surface area (Å²) in [6.45, 7) is 9.66. The van der Waals surface area contributed by atoms with Gasteiger partial charge in [-0.1, -0.05) is 20.3 Å². The molecule has 2 bridgehead atoms. The highest BCUT2D eigenvalue weighted by Gasteiger charge is 2.41. The molecule has 1 aromatic heterocycles. The molecule has 2 aliphatic rings. The Morgan fingerprint density at radius 2 is 2.00 bits per heavy atom. The van der Waals surface area contributed by atoms with E-state index in [1.807, 2.05) is 0 Å². The zero-order valence-electron chi connectivity index (χ0n) is 13.2. The predicted molar refractivity (Wildman–Crippen MR) is 83.2 cm³/mol. The summed E-state index contributed by atoms with van der Waals surface area (Å²) in [5.41, 5.74) is 2.46. The van der Waals surface area contributed by atoms with Crippen molar-refractivity contribution in [2.45, 2.75) is 65.2 Å². The Bertz CT molecular complexity index is 495. The van der Waals surface area contributed by atoms with Gasteiger partial charge in [-0.15, -0.1) is 0 Å². The highest BCUT2D eigenvalue weighted by atomic mass is 15.0. The second-order valence-corrected chi connectivity index (χ2v) is 6.90. The van der Waals surface area contributed by atoms with Crippen molar-refractivity contribution in [2.75, 3.05) is 11.9 Å². The van der Waals surface area contributed by atoms with E-state index in [2.05, 4.69) is 33.0 Å². The first-order chi connectivity index (χ1) is 9.60. The van der Waals surface area contributed by atoms with E-state index in [1.165, 1.54) is 36.9 Å². The number of hydrogen-bond acceptors (Lipinski definition) is 3. The van der Waals surface area contributed by atoms with E-state index in [1.54, 1.807) is 0 Å². The van der Waals surface area contributed by atoms with Gasteiger partial charge in [-0.05, 0) is 50.9 Å². The maximum absolute atomic E-state index is 4.92. The van der Waals surface area contributed by atoms with Gasteiger partial charge < -0.3 is 5.32 Å². The SMILES string of the molecule is CCNc1nc(C2CC3CCC2C3)nc(C)c1C(C)C. The van der Waals surface area contributed by atoms with Crippen LogP contribution in [0.15, 0.2) is 0 Å². The second-order valence-electron chi connectivity index (χ2n) is 6.90. The number of aryl methyl sites for hydroxylation is 1. The van der Waals surface area contributed by atoms with Gasteiger partial charge in [0.15, 0.2) is 0 Å². The zero-order chi connectivity index (χ0) is 14.3. The minimum atomic E-state index is 0.470. The number of hydrogen-bond donors (Lipinski definition) is 1. The smallest absolute Gasteiger partial charge is 0.134 e. The van der Waals surface area contributed by atoms with Gasteiger partial charge in [0, 0.05) is 23.7 Å². The molecule has 0 amide bonds. The third kappa shape index (κ3) is 2.32. The van der Waals surface area contributed by atoms with Gasteiger partial charge in [0.1, 0.15) is 11.6 Å². The van der Waals surface area contributed by atoms with E-state index in [-0.39, 0.29) is 0 Å². The van der Waals surface area contributed by atoms with Crippen LogP contribution in [0.4, 0.5) is 5.82 Å². The van der Waals surface area contributed by atoms with Gasteiger partial charge in [0.05, 0.1) is 0 Å². The second kappa shape index (κ2) is 5.34. The Balaban J connectivity index is 1.96. The third-order valence-electron chi connectivity index (χ3n) is 5.14. The number of nitrogens with zero attached hydrogens (tertiary/aromatic N) is 2. The molecule has 0 aliphatic heterocycles. The fourth-order valence-corrected chi connectivity index (χ4v) is 4.32. The molecule has 2 aliphatic carbocycles. The monoisotopic (exact) mass is 273 g/mol. The van der Waals surface area contributed by atoms with Crippen LogP contribution in [-0.4, -0.2) is 16.5 Å². The molecule has 0 aromatic carbocycles. The van der Waals surface area contributed by atoms with Crippen LogP contribution >= 0.6 is 0 Å². The lowest BCUT2D eigenvalue weighted by atomic mass is 9.88. The maximum atomic E-state index is 4.92. The highest BCUT2D eigenvalue weighted by molar-refractivity contribution is 5.48. The number of nitrogens with one attached hydrogen (secondary N) is 1. The van der Waals surface area contributed by atoms with Crippen LogP contribution in [0.1, 0.15) is 75.4 Å². The van der Waals surface area contributed by atoms with E-state index in [9.17, 15) is 0 Å². The van der Waals surface area contributed by atoms with Crippen LogP contribution in [0, 0.1) is 18.8 Å². The van der Waals surface area contributed by atoms with Crippen LogP contribution in [0.25, 0.3) is 0 Å². The molecule has 2 fully saturated rings. The molecule has 3 unspecified atom stereocenters. The van der Waals surface area contributed by atoms with E-state index in [0.29, 0.717) is 11.8 Å². The minimum absolute atomic E-state index is 0.470. The molecular weight excluding hydrogens is 246 g/mol. The van der Waals surface area contributed by atoms with E-state index in [0.717, 1.165) is 30.0 Å². The summed E-state index contributed by atoms with van der Waals surface area (Å²) < 4.78 is 0. The normalized spacial score (nSPS) is 28.4. The highest BCUT2D eigenvalue weighted by Crippen LogP contribution is 2.52. The van der Waals surface area contributed by atoms with Crippen molar-refractivity contribution in [3.63, 3.8) is 0 Å². The van der Waals surface area contributed by atoms with Crippen LogP contribution in [0.5, 0.6) is 0 Å². The van der Waals surface area contributed by atoms with Crippen LogP contribution in [-0.2, 0) is 0 Å². The minimum Gasteiger partial charge on any atom is -0.370 e. The Hall–Kier alpha value is -1.12. The lowest BCUT2D eigenvalue weighted by molar-refractivity contribution is 0.404. The molecule has 3 nitrogen and oxygen atoms in total. The van der Waals surface area contributed by atoms with Gasteiger partial charge in [-0.3, -0.25) is 0 Å². The summed E-state index contributed by atoms with van der Waals surface area (Å²) in [4.78, 5) is 9.81. The van der Waals surface area contributed by atoms with Crippen LogP contribution in [0.3, 0.4) is 0 Å². The third-order valence-corrected chi connectivity index (χ3v) is 5.14. The summed E-state index contributed by atoms with van der Waals surface area (Å²) in [5, 5.41) is 3.46. The van der Waals surface area contributed by atoms with Crippen molar-refractivity contribution >= 4 is 5.82 Å². The van der Waals surface area contributed by atoms with E-state index in [4.69, 9.17) is 9.97 Å². The van der Waals surface area contributed by atoms with Gasteiger partial charge in [0.2, 0.25) is 0 Å². The molecule has 1 heterocycles.